The summed E-state index contributed by atoms with van der Waals surface area (Å²) >= 11 is 0. The first-order chi connectivity index (χ1) is 10.6. The second-order valence-electron chi connectivity index (χ2n) is 5.57. The maximum Gasteiger partial charge on any atom is 0.305 e. The fraction of sp³-hybridized carbons (Fsp3) is 0.933. The quantitative estimate of drug-likeness (QED) is 0.394. The largest absolute Gasteiger partial charge is 0.469 e. The number of ether oxygens (including phenoxy) is 3. The van der Waals surface area contributed by atoms with E-state index < -0.39 is 24.6 Å². The summed E-state index contributed by atoms with van der Waals surface area (Å²) in [7, 11) is 1.40. The second kappa shape index (κ2) is 10.9. The molecule has 0 spiro atoms. The zero-order valence-electron chi connectivity index (χ0n) is 13.1. The third-order valence-electron chi connectivity index (χ3n) is 3.74. The minimum atomic E-state index is -1.23. The van der Waals surface area contributed by atoms with Gasteiger partial charge in [0.2, 0.25) is 0 Å². The summed E-state index contributed by atoms with van der Waals surface area (Å²) in [5, 5.41) is 28.5. The lowest BCUT2D eigenvalue weighted by atomic mass is 10.1. The SMILES string of the molecule is COC(=O)CCCCCCCCO[C@H]1OC[C@@H](O)[C@H](O)[C@H]1O. The van der Waals surface area contributed by atoms with Crippen molar-refractivity contribution in [2.24, 2.45) is 0 Å². The number of methoxy groups -OCH3 is 1. The molecule has 1 heterocycles. The molecule has 1 rings (SSSR count). The Morgan fingerprint density at radius 2 is 1.68 bits per heavy atom. The standard InChI is InChI=1S/C15H28O7/c1-20-12(17)8-6-4-2-3-5-7-9-21-15-14(19)13(18)11(16)10-22-15/h11,13-16,18-19H,2-10H2,1H3/t11-,13+,14-,15+/m1/s1. The van der Waals surface area contributed by atoms with E-state index in [-0.39, 0.29) is 12.6 Å². The molecule has 1 saturated heterocycles. The van der Waals surface area contributed by atoms with Gasteiger partial charge in [0, 0.05) is 13.0 Å². The third kappa shape index (κ3) is 7.02. The Hall–Kier alpha value is -0.730. The van der Waals surface area contributed by atoms with Crippen LogP contribution in [0.5, 0.6) is 0 Å². The molecule has 1 aliphatic rings. The molecule has 0 aromatic rings. The molecule has 130 valence electrons. The summed E-state index contributed by atoms with van der Waals surface area (Å²) in [5.41, 5.74) is 0. The van der Waals surface area contributed by atoms with E-state index in [1.807, 2.05) is 0 Å². The summed E-state index contributed by atoms with van der Waals surface area (Å²) < 4.78 is 15.1. The van der Waals surface area contributed by atoms with Gasteiger partial charge >= 0.3 is 5.97 Å². The van der Waals surface area contributed by atoms with Crippen molar-refractivity contribution in [1.29, 1.82) is 0 Å². The van der Waals surface area contributed by atoms with Crippen LogP contribution < -0.4 is 0 Å². The van der Waals surface area contributed by atoms with Crippen LogP contribution in [-0.4, -0.2) is 66.2 Å². The van der Waals surface area contributed by atoms with Gasteiger partial charge in [-0.3, -0.25) is 4.79 Å². The smallest absolute Gasteiger partial charge is 0.305 e. The highest BCUT2D eigenvalue weighted by atomic mass is 16.7. The van der Waals surface area contributed by atoms with Crippen LogP contribution in [0.4, 0.5) is 0 Å². The van der Waals surface area contributed by atoms with Gasteiger partial charge in [0.1, 0.15) is 18.3 Å². The van der Waals surface area contributed by atoms with Crippen molar-refractivity contribution >= 4 is 5.97 Å². The van der Waals surface area contributed by atoms with Crippen molar-refractivity contribution in [3.63, 3.8) is 0 Å². The van der Waals surface area contributed by atoms with Crippen LogP contribution in [-0.2, 0) is 19.0 Å². The Balaban J connectivity index is 1.94. The number of aliphatic hydroxyl groups is 3. The highest BCUT2D eigenvalue weighted by Crippen LogP contribution is 2.17. The molecule has 0 aromatic heterocycles. The van der Waals surface area contributed by atoms with E-state index in [0.29, 0.717) is 13.0 Å². The Bertz CT molecular complexity index is 310. The number of hydrogen-bond donors (Lipinski definition) is 3. The molecule has 0 amide bonds. The number of aliphatic hydroxyl groups excluding tert-OH is 3. The minimum Gasteiger partial charge on any atom is -0.469 e. The van der Waals surface area contributed by atoms with Crippen LogP contribution in [0, 0.1) is 0 Å². The fourth-order valence-electron chi connectivity index (χ4n) is 2.31. The molecule has 3 N–H and O–H groups in total. The van der Waals surface area contributed by atoms with Gasteiger partial charge in [0.15, 0.2) is 6.29 Å². The van der Waals surface area contributed by atoms with Crippen molar-refractivity contribution in [2.75, 3.05) is 20.3 Å². The highest BCUT2D eigenvalue weighted by Gasteiger charge is 2.37. The zero-order chi connectivity index (χ0) is 16.4. The molecular weight excluding hydrogens is 292 g/mol. The Morgan fingerprint density at radius 3 is 2.36 bits per heavy atom. The summed E-state index contributed by atoms with van der Waals surface area (Å²) in [4.78, 5) is 10.9. The average Bonchev–Trinajstić information content (AvgIpc) is 2.52. The van der Waals surface area contributed by atoms with Gasteiger partial charge in [-0.25, -0.2) is 0 Å². The average molecular weight is 320 g/mol. The van der Waals surface area contributed by atoms with Crippen molar-refractivity contribution in [1.82, 2.24) is 0 Å². The van der Waals surface area contributed by atoms with Gasteiger partial charge in [-0.1, -0.05) is 25.7 Å². The molecule has 1 fully saturated rings. The van der Waals surface area contributed by atoms with Crippen molar-refractivity contribution in [2.45, 2.75) is 69.5 Å². The lowest BCUT2D eigenvalue weighted by Gasteiger charge is -2.34. The first kappa shape index (κ1) is 19.3. The fourth-order valence-corrected chi connectivity index (χ4v) is 2.31. The molecule has 0 radical (unpaired) electrons. The minimum absolute atomic E-state index is 0.0386. The number of hydrogen-bond acceptors (Lipinski definition) is 7. The zero-order valence-corrected chi connectivity index (χ0v) is 13.1. The Labute approximate surface area is 131 Å². The first-order valence-electron chi connectivity index (χ1n) is 7.90. The Morgan fingerprint density at radius 1 is 1.05 bits per heavy atom. The van der Waals surface area contributed by atoms with Gasteiger partial charge in [-0.2, -0.15) is 0 Å². The van der Waals surface area contributed by atoms with Crippen molar-refractivity contribution < 1.29 is 34.3 Å². The molecule has 1 aliphatic heterocycles. The van der Waals surface area contributed by atoms with E-state index in [1.165, 1.54) is 7.11 Å². The molecule has 7 heteroatoms. The summed E-state index contributed by atoms with van der Waals surface area (Å²) in [6.45, 7) is 0.399. The maximum absolute atomic E-state index is 10.9. The molecule has 4 atom stereocenters. The van der Waals surface area contributed by atoms with E-state index in [2.05, 4.69) is 4.74 Å². The van der Waals surface area contributed by atoms with Gasteiger partial charge < -0.3 is 29.5 Å². The number of unbranched alkanes of at least 4 members (excludes halogenated alkanes) is 5. The van der Waals surface area contributed by atoms with Crippen LogP contribution >= 0.6 is 0 Å². The molecule has 22 heavy (non-hydrogen) atoms. The lowest BCUT2D eigenvalue weighted by molar-refractivity contribution is -0.270. The number of esters is 1. The highest BCUT2D eigenvalue weighted by molar-refractivity contribution is 5.68. The molecule has 0 aliphatic carbocycles. The predicted octanol–water partition coefficient (Wildman–Crippen LogP) is 0.346. The molecular formula is C15H28O7. The van der Waals surface area contributed by atoms with E-state index in [4.69, 9.17) is 9.47 Å². The maximum atomic E-state index is 10.9. The van der Waals surface area contributed by atoms with E-state index in [0.717, 1.165) is 38.5 Å². The van der Waals surface area contributed by atoms with E-state index in [9.17, 15) is 20.1 Å². The van der Waals surface area contributed by atoms with E-state index in [1.54, 1.807) is 0 Å². The summed E-state index contributed by atoms with van der Waals surface area (Å²) in [5.74, 6) is -0.160. The van der Waals surface area contributed by atoms with Crippen LogP contribution in [0.25, 0.3) is 0 Å². The summed E-state index contributed by atoms with van der Waals surface area (Å²) in [6.07, 6.45) is 1.88. The number of carbonyl (C=O) groups is 1. The van der Waals surface area contributed by atoms with Crippen LogP contribution in [0.3, 0.4) is 0 Å². The van der Waals surface area contributed by atoms with Crippen LogP contribution in [0.15, 0.2) is 0 Å². The van der Waals surface area contributed by atoms with Crippen LogP contribution in [0.2, 0.25) is 0 Å². The normalized spacial score (nSPS) is 28.5. The van der Waals surface area contributed by atoms with E-state index >= 15 is 0 Å². The van der Waals surface area contributed by atoms with Crippen molar-refractivity contribution in [3.8, 4) is 0 Å². The summed E-state index contributed by atoms with van der Waals surface area (Å²) in [6, 6.07) is 0. The topological polar surface area (TPSA) is 105 Å². The number of carbonyl (C=O) groups excluding carboxylic acids is 1. The first-order valence-corrected chi connectivity index (χ1v) is 7.90. The predicted molar refractivity (Wildman–Crippen MR) is 78.0 cm³/mol. The molecule has 7 nitrogen and oxygen atoms in total. The van der Waals surface area contributed by atoms with Gasteiger partial charge in [-0.15, -0.1) is 0 Å². The molecule has 0 saturated carbocycles. The monoisotopic (exact) mass is 320 g/mol. The van der Waals surface area contributed by atoms with Gasteiger partial charge in [0.25, 0.3) is 0 Å². The van der Waals surface area contributed by atoms with Gasteiger partial charge in [0.05, 0.1) is 13.7 Å². The molecule has 0 unspecified atom stereocenters. The molecule has 0 aromatic carbocycles. The second-order valence-corrected chi connectivity index (χ2v) is 5.57. The third-order valence-corrected chi connectivity index (χ3v) is 3.74. The van der Waals surface area contributed by atoms with Crippen LogP contribution in [0.1, 0.15) is 44.9 Å². The van der Waals surface area contributed by atoms with Crippen molar-refractivity contribution in [3.05, 3.63) is 0 Å². The van der Waals surface area contributed by atoms with Gasteiger partial charge in [-0.05, 0) is 12.8 Å². The lowest BCUT2D eigenvalue weighted by Crippen LogP contribution is -2.53. The number of rotatable bonds is 10. The Kier molecular flexibility index (Phi) is 9.58. The molecule has 0 bridgehead atoms.